The van der Waals surface area contributed by atoms with Gasteiger partial charge >= 0.3 is 0 Å². The molecule has 0 saturated heterocycles. The number of carbonyl (C=O) groups is 1. The van der Waals surface area contributed by atoms with E-state index in [1.165, 1.54) is 31.2 Å². The number of benzene rings is 1. The Morgan fingerprint density at radius 2 is 1.69 bits per heavy atom. The van der Waals surface area contributed by atoms with Crippen LogP contribution in [0.1, 0.15) is 56.0 Å². The third-order valence-electron chi connectivity index (χ3n) is 8.36. The lowest BCUT2D eigenvalue weighted by atomic mass is 9.41. The van der Waals surface area contributed by atoms with Crippen molar-refractivity contribution in [3.63, 3.8) is 0 Å². The smallest absolute Gasteiger partial charge is 0.221 e. The predicted molar refractivity (Wildman–Crippen MR) is 113 cm³/mol. The van der Waals surface area contributed by atoms with E-state index in [2.05, 4.69) is 52.5 Å². The van der Waals surface area contributed by atoms with Crippen LogP contribution in [0.4, 0.5) is 0 Å². The van der Waals surface area contributed by atoms with E-state index < -0.39 is 0 Å². The Kier molecular flexibility index (Phi) is 4.68. The third-order valence-corrected chi connectivity index (χ3v) is 8.36. The van der Waals surface area contributed by atoms with Crippen molar-refractivity contribution in [3.05, 3.63) is 59.7 Å². The zero-order valence-electron chi connectivity index (χ0n) is 17.5. The van der Waals surface area contributed by atoms with Gasteiger partial charge in [-0.25, -0.2) is 0 Å². The second kappa shape index (κ2) is 7.23. The van der Waals surface area contributed by atoms with Crippen LogP contribution >= 0.6 is 0 Å². The van der Waals surface area contributed by atoms with E-state index in [4.69, 9.17) is 0 Å². The molecule has 29 heavy (non-hydrogen) atoms. The number of hydrogen-bond acceptors (Lipinski definition) is 3. The van der Waals surface area contributed by atoms with Crippen molar-refractivity contribution in [2.75, 3.05) is 0 Å². The lowest BCUT2D eigenvalue weighted by Crippen LogP contribution is -2.59. The summed E-state index contributed by atoms with van der Waals surface area (Å²) in [5, 5.41) is 3.14. The van der Waals surface area contributed by atoms with E-state index in [-0.39, 0.29) is 11.3 Å². The molecule has 0 spiro atoms. The summed E-state index contributed by atoms with van der Waals surface area (Å²) in [5.74, 6) is 4.00. The van der Waals surface area contributed by atoms with Gasteiger partial charge in [-0.05, 0) is 67.8 Å². The molecule has 4 fully saturated rings. The van der Waals surface area contributed by atoms with E-state index in [0.29, 0.717) is 24.8 Å². The summed E-state index contributed by atoms with van der Waals surface area (Å²) in [5.41, 5.74) is 3.09. The summed E-state index contributed by atoms with van der Waals surface area (Å²) in [6, 6.07) is 10.9. The summed E-state index contributed by atoms with van der Waals surface area (Å²) >= 11 is 0. The molecular formula is C25H31N3O. The number of carbonyl (C=O) groups excluding carboxylic acids is 1. The number of aryl methyl sites for hydroxylation is 1. The van der Waals surface area contributed by atoms with E-state index in [1.54, 1.807) is 12.4 Å². The van der Waals surface area contributed by atoms with Crippen LogP contribution in [0.2, 0.25) is 0 Å². The molecule has 2 aromatic rings. The minimum Gasteiger partial charge on any atom is -0.350 e. The first kappa shape index (κ1) is 18.8. The lowest BCUT2D eigenvalue weighted by Gasteiger charge is -2.63. The average molecular weight is 390 g/mol. The molecule has 1 amide bonds. The van der Waals surface area contributed by atoms with Crippen LogP contribution in [0, 0.1) is 36.5 Å². The molecule has 1 heterocycles. The molecule has 0 aliphatic heterocycles. The molecule has 0 atom stereocenters. The Balaban J connectivity index is 1.39. The first-order valence-corrected chi connectivity index (χ1v) is 11.2. The number of nitrogens with one attached hydrogen (secondary N) is 1. The van der Waals surface area contributed by atoms with Crippen LogP contribution in [-0.4, -0.2) is 15.9 Å². The molecule has 4 nitrogen and oxygen atoms in total. The number of rotatable bonds is 5. The van der Waals surface area contributed by atoms with Gasteiger partial charge in [0.15, 0.2) is 0 Å². The van der Waals surface area contributed by atoms with Gasteiger partial charge in [-0.2, -0.15) is 0 Å². The number of amides is 1. The maximum Gasteiger partial charge on any atom is 0.221 e. The van der Waals surface area contributed by atoms with Gasteiger partial charge in [0.2, 0.25) is 5.91 Å². The molecule has 1 aromatic carbocycles. The normalized spacial score (nSPS) is 34.9. The molecule has 6 rings (SSSR count). The van der Waals surface area contributed by atoms with Crippen LogP contribution < -0.4 is 5.32 Å². The zero-order valence-corrected chi connectivity index (χ0v) is 17.5. The van der Waals surface area contributed by atoms with Gasteiger partial charge in [-0.15, -0.1) is 0 Å². The van der Waals surface area contributed by atoms with Crippen LogP contribution in [-0.2, 0) is 16.8 Å². The summed E-state index contributed by atoms with van der Waals surface area (Å²) < 4.78 is 0. The first-order chi connectivity index (χ1) is 14.1. The predicted octanol–water partition coefficient (Wildman–Crippen LogP) is 4.43. The molecule has 0 radical (unpaired) electrons. The molecule has 4 heteroatoms. The van der Waals surface area contributed by atoms with E-state index in [0.717, 1.165) is 29.1 Å². The van der Waals surface area contributed by atoms with Crippen LogP contribution in [0.15, 0.2) is 42.7 Å². The SMILES string of the molecule is Cc1cnc(CNC(=O)CC2(c3ccccc3)C3CC4CC2CC(C3)C4C)cn1. The molecule has 4 aliphatic rings. The number of aromatic nitrogens is 2. The average Bonchev–Trinajstić information content (AvgIpc) is 2.72. The Hall–Kier alpha value is -2.23. The Morgan fingerprint density at radius 3 is 2.28 bits per heavy atom. The topological polar surface area (TPSA) is 54.9 Å². The Bertz CT molecular complexity index is 847. The lowest BCUT2D eigenvalue weighted by molar-refractivity contribution is -0.133. The second-order valence-corrected chi connectivity index (χ2v) is 9.72. The van der Waals surface area contributed by atoms with Crippen molar-refractivity contribution in [2.45, 2.75) is 57.9 Å². The highest BCUT2D eigenvalue weighted by Crippen LogP contribution is 2.65. The largest absolute Gasteiger partial charge is 0.350 e. The minimum atomic E-state index is -0.00254. The molecule has 4 saturated carbocycles. The molecule has 1 aromatic heterocycles. The minimum absolute atomic E-state index is 0.00254. The van der Waals surface area contributed by atoms with Crippen molar-refractivity contribution in [2.24, 2.45) is 29.6 Å². The summed E-state index contributed by atoms with van der Waals surface area (Å²) in [6.45, 7) is 4.84. The number of nitrogens with zero attached hydrogens (tertiary/aromatic N) is 2. The van der Waals surface area contributed by atoms with Crippen LogP contribution in [0.3, 0.4) is 0 Å². The van der Waals surface area contributed by atoms with Crippen LogP contribution in [0.25, 0.3) is 0 Å². The van der Waals surface area contributed by atoms with Crippen molar-refractivity contribution in [1.29, 1.82) is 0 Å². The highest BCUT2D eigenvalue weighted by Gasteiger charge is 2.60. The van der Waals surface area contributed by atoms with Gasteiger partial charge in [-0.1, -0.05) is 37.3 Å². The third kappa shape index (κ3) is 3.17. The molecule has 4 aliphatic carbocycles. The molecule has 0 unspecified atom stereocenters. The highest BCUT2D eigenvalue weighted by molar-refractivity contribution is 5.78. The maximum atomic E-state index is 13.2. The second-order valence-electron chi connectivity index (χ2n) is 9.72. The van der Waals surface area contributed by atoms with Crippen molar-refractivity contribution in [1.82, 2.24) is 15.3 Å². The molecule has 152 valence electrons. The van der Waals surface area contributed by atoms with Crippen molar-refractivity contribution >= 4 is 5.91 Å². The first-order valence-electron chi connectivity index (χ1n) is 11.2. The van der Waals surface area contributed by atoms with Gasteiger partial charge in [-0.3, -0.25) is 14.8 Å². The quantitative estimate of drug-likeness (QED) is 0.823. The standard InChI is InChI=1S/C25H31N3O/c1-16-13-27-23(14-26-16)15-28-24(29)12-25(20-6-4-3-5-7-20)21-8-18-9-22(25)11-19(10-21)17(18)2/h3-7,13-14,17-19,21-22H,8-12,15H2,1-2H3,(H,28,29). The molecular weight excluding hydrogens is 358 g/mol. The highest BCUT2D eigenvalue weighted by atomic mass is 16.1. The molecule has 4 bridgehead atoms. The fourth-order valence-electron chi connectivity index (χ4n) is 6.90. The number of hydrogen-bond donors (Lipinski definition) is 1. The fourth-order valence-corrected chi connectivity index (χ4v) is 6.90. The Labute approximate surface area is 173 Å². The summed E-state index contributed by atoms with van der Waals surface area (Å²) in [6.07, 6.45) is 9.28. The van der Waals surface area contributed by atoms with E-state index in [1.807, 2.05) is 6.92 Å². The van der Waals surface area contributed by atoms with Gasteiger partial charge < -0.3 is 5.32 Å². The Morgan fingerprint density at radius 1 is 1.03 bits per heavy atom. The van der Waals surface area contributed by atoms with Crippen LogP contribution in [0.5, 0.6) is 0 Å². The van der Waals surface area contributed by atoms with Gasteiger partial charge in [0.25, 0.3) is 0 Å². The molecule has 1 N–H and O–H groups in total. The van der Waals surface area contributed by atoms with Gasteiger partial charge in [0.1, 0.15) is 0 Å². The van der Waals surface area contributed by atoms with Crippen molar-refractivity contribution in [3.8, 4) is 0 Å². The summed E-state index contributed by atoms with van der Waals surface area (Å²) in [4.78, 5) is 21.8. The summed E-state index contributed by atoms with van der Waals surface area (Å²) in [7, 11) is 0. The van der Waals surface area contributed by atoms with Gasteiger partial charge in [0, 0.05) is 18.0 Å². The van der Waals surface area contributed by atoms with Crippen molar-refractivity contribution < 1.29 is 4.79 Å². The zero-order chi connectivity index (χ0) is 20.0. The van der Waals surface area contributed by atoms with E-state index >= 15 is 0 Å². The monoisotopic (exact) mass is 389 g/mol. The van der Waals surface area contributed by atoms with E-state index in [9.17, 15) is 4.79 Å². The maximum absolute atomic E-state index is 13.2. The van der Waals surface area contributed by atoms with Gasteiger partial charge in [0.05, 0.1) is 24.1 Å². The fraction of sp³-hybridized carbons (Fsp3) is 0.560.